The van der Waals surface area contributed by atoms with Crippen LogP contribution in [-0.2, 0) is 16.4 Å². The van der Waals surface area contributed by atoms with E-state index >= 15 is 0 Å². The van der Waals surface area contributed by atoms with Gasteiger partial charge in [-0.3, -0.25) is 0 Å². The number of hydrogen-bond donors (Lipinski definition) is 1. The summed E-state index contributed by atoms with van der Waals surface area (Å²) in [6.45, 7) is 3.03. The third-order valence-electron chi connectivity index (χ3n) is 2.44. The van der Waals surface area contributed by atoms with Gasteiger partial charge in [-0.25, -0.2) is 8.42 Å². The minimum Gasteiger partial charge on any atom is -0.311 e. The van der Waals surface area contributed by atoms with Crippen LogP contribution in [0, 0.1) is 0 Å². The van der Waals surface area contributed by atoms with Gasteiger partial charge < -0.3 is 10.2 Å². The smallest absolute Gasteiger partial charge is 0.148 e. The molecule has 1 heterocycles. The summed E-state index contributed by atoms with van der Waals surface area (Å²) in [5, 5.41) is 3.30. The highest BCUT2D eigenvalue weighted by Gasteiger charge is 2.05. The van der Waals surface area contributed by atoms with E-state index in [1.165, 1.54) is 11.1 Å². The zero-order valence-electron chi connectivity index (χ0n) is 10.6. The summed E-state index contributed by atoms with van der Waals surface area (Å²) in [7, 11) is -0.940. The van der Waals surface area contributed by atoms with E-state index in [0.29, 0.717) is 6.54 Å². The molecule has 0 aliphatic rings. The Morgan fingerprint density at radius 1 is 1.39 bits per heavy atom. The summed E-state index contributed by atoms with van der Waals surface area (Å²) in [5.74, 6) is 0.212. The topological polar surface area (TPSA) is 49.4 Å². The van der Waals surface area contributed by atoms with Crippen LogP contribution in [0.15, 0.2) is 12.1 Å². The zero-order chi connectivity index (χ0) is 13.6. The van der Waals surface area contributed by atoms with Crippen LogP contribution in [0.4, 0.5) is 0 Å². The molecule has 1 aromatic rings. The Hall–Kier alpha value is -0.140. The molecule has 0 amide bonds. The highest BCUT2D eigenvalue weighted by molar-refractivity contribution is 7.90. The largest absolute Gasteiger partial charge is 0.311 e. The van der Waals surface area contributed by atoms with Crippen molar-refractivity contribution in [3.8, 4) is 0 Å². The predicted octanol–water partition coefficient (Wildman–Crippen LogP) is 1.47. The molecule has 0 bridgehead atoms. The van der Waals surface area contributed by atoms with Crippen LogP contribution in [0.3, 0.4) is 0 Å². The van der Waals surface area contributed by atoms with Crippen molar-refractivity contribution in [2.45, 2.75) is 6.54 Å². The minimum atomic E-state index is -2.87. The van der Waals surface area contributed by atoms with E-state index in [2.05, 4.69) is 5.32 Å². The highest BCUT2D eigenvalue weighted by Crippen LogP contribution is 2.20. The number of halogens is 1. The van der Waals surface area contributed by atoms with Crippen molar-refractivity contribution >= 4 is 32.8 Å². The summed E-state index contributed by atoms with van der Waals surface area (Å²) in [6.07, 6.45) is 1.26. The summed E-state index contributed by atoms with van der Waals surface area (Å²) in [5.41, 5.74) is 0. The van der Waals surface area contributed by atoms with Crippen molar-refractivity contribution < 1.29 is 8.42 Å². The van der Waals surface area contributed by atoms with Gasteiger partial charge in [0.05, 0.1) is 10.1 Å². The van der Waals surface area contributed by atoms with Crippen molar-refractivity contribution in [1.82, 2.24) is 10.2 Å². The molecule has 1 N–H and O–H groups in total. The predicted molar refractivity (Wildman–Crippen MR) is 78.2 cm³/mol. The van der Waals surface area contributed by atoms with Crippen molar-refractivity contribution in [1.29, 1.82) is 0 Å². The van der Waals surface area contributed by atoms with Crippen molar-refractivity contribution in [2.24, 2.45) is 0 Å². The normalized spacial score (nSPS) is 12.2. The van der Waals surface area contributed by atoms with Gasteiger partial charge in [-0.15, -0.1) is 11.3 Å². The Kier molecular flexibility index (Phi) is 6.59. The van der Waals surface area contributed by atoms with Crippen LogP contribution in [0.5, 0.6) is 0 Å². The average molecular weight is 311 g/mol. The van der Waals surface area contributed by atoms with Gasteiger partial charge in [-0.1, -0.05) is 11.6 Å². The lowest BCUT2D eigenvalue weighted by molar-refractivity contribution is 0.349. The third-order valence-corrected chi connectivity index (χ3v) is 4.60. The van der Waals surface area contributed by atoms with Gasteiger partial charge in [-0.2, -0.15) is 0 Å². The maximum Gasteiger partial charge on any atom is 0.148 e. The summed E-state index contributed by atoms with van der Waals surface area (Å²) in [6, 6.07) is 3.90. The molecule has 1 aromatic heterocycles. The molecule has 1 rings (SSSR count). The van der Waals surface area contributed by atoms with Crippen LogP contribution >= 0.6 is 22.9 Å². The van der Waals surface area contributed by atoms with Crippen molar-refractivity contribution in [3.05, 3.63) is 21.3 Å². The SMILES string of the molecule is CN(CCNCc1ccc(Cl)s1)CCS(C)(=O)=O. The zero-order valence-corrected chi connectivity index (χ0v) is 13.0. The van der Waals surface area contributed by atoms with Crippen molar-refractivity contribution in [2.75, 3.05) is 38.7 Å². The molecule has 0 aliphatic carbocycles. The summed E-state index contributed by atoms with van der Waals surface area (Å²) < 4.78 is 22.8. The molecule has 0 aromatic carbocycles. The molecule has 0 saturated heterocycles. The van der Waals surface area contributed by atoms with E-state index in [1.54, 1.807) is 11.3 Å². The standard InChI is InChI=1S/C11H19ClN2O2S2/c1-14(7-8-18(2,15)16)6-5-13-9-10-3-4-11(12)17-10/h3-4,13H,5-9H2,1-2H3. The maximum absolute atomic E-state index is 11.0. The van der Waals surface area contributed by atoms with Crippen LogP contribution < -0.4 is 5.32 Å². The van der Waals surface area contributed by atoms with Gasteiger partial charge in [0.2, 0.25) is 0 Å². The van der Waals surface area contributed by atoms with Crippen LogP contribution in [0.25, 0.3) is 0 Å². The highest BCUT2D eigenvalue weighted by atomic mass is 35.5. The number of sulfone groups is 1. The number of hydrogen-bond acceptors (Lipinski definition) is 5. The first-order valence-electron chi connectivity index (χ1n) is 5.68. The van der Waals surface area contributed by atoms with Crippen LogP contribution in [-0.4, -0.2) is 52.0 Å². The Labute approximate surface area is 118 Å². The van der Waals surface area contributed by atoms with Crippen molar-refractivity contribution in [3.63, 3.8) is 0 Å². The van der Waals surface area contributed by atoms with E-state index < -0.39 is 9.84 Å². The fourth-order valence-corrected chi connectivity index (χ4v) is 3.06. The quantitative estimate of drug-likeness (QED) is 0.739. The van der Waals surface area contributed by atoms with Gasteiger partial charge >= 0.3 is 0 Å². The van der Waals surface area contributed by atoms with Gasteiger partial charge in [-0.05, 0) is 19.2 Å². The molecule has 18 heavy (non-hydrogen) atoms. The Bertz CT molecular complexity index is 459. The number of nitrogens with zero attached hydrogens (tertiary/aromatic N) is 1. The Balaban J connectivity index is 2.10. The van der Waals surface area contributed by atoms with E-state index in [4.69, 9.17) is 11.6 Å². The minimum absolute atomic E-state index is 0.212. The molecule has 0 aliphatic heterocycles. The lowest BCUT2D eigenvalue weighted by Crippen LogP contribution is -2.32. The molecule has 0 spiro atoms. The fourth-order valence-electron chi connectivity index (χ4n) is 1.36. The number of nitrogens with one attached hydrogen (secondary N) is 1. The first-order valence-corrected chi connectivity index (χ1v) is 8.93. The van der Waals surface area contributed by atoms with Gasteiger partial charge in [0, 0.05) is 37.3 Å². The van der Waals surface area contributed by atoms with Crippen LogP contribution in [0.1, 0.15) is 4.88 Å². The van der Waals surface area contributed by atoms with Gasteiger partial charge in [0.15, 0.2) is 0 Å². The number of thiophene rings is 1. The Morgan fingerprint density at radius 3 is 2.67 bits per heavy atom. The average Bonchev–Trinajstić information content (AvgIpc) is 2.67. The van der Waals surface area contributed by atoms with E-state index in [9.17, 15) is 8.42 Å². The molecule has 0 saturated carbocycles. The lowest BCUT2D eigenvalue weighted by atomic mass is 10.4. The maximum atomic E-state index is 11.0. The van der Waals surface area contributed by atoms with Gasteiger partial charge in [0.25, 0.3) is 0 Å². The molecule has 0 unspecified atom stereocenters. The second kappa shape index (κ2) is 7.45. The molecular formula is C11H19ClN2O2S2. The number of rotatable bonds is 8. The van der Waals surface area contributed by atoms with E-state index in [0.717, 1.165) is 24.0 Å². The summed E-state index contributed by atoms with van der Waals surface area (Å²) >= 11 is 7.40. The monoisotopic (exact) mass is 310 g/mol. The number of likely N-dealkylation sites (N-methyl/N-ethyl adjacent to an activating group) is 1. The molecular weight excluding hydrogens is 292 g/mol. The molecule has 4 nitrogen and oxygen atoms in total. The second-order valence-electron chi connectivity index (χ2n) is 4.32. The first-order chi connectivity index (χ1) is 8.37. The molecule has 0 fully saturated rings. The molecule has 0 atom stereocenters. The van der Waals surface area contributed by atoms with E-state index in [-0.39, 0.29) is 5.75 Å². The first kappa shape index (κ1) is 15.9. The molecule has 104 valence electrons. The lowest BCUT2D eigenvalue weighted by Gasteiger charge is -2.15. The molecule has 0 radical (unpaired) electrons. The second-order valence-corrected chi connectivity index (χ2v) is 8.38. The fraction of sp³-hybridized carbons (Fsp3) is 0.636. The Morgan fingerprint density at radius 2 is 2.11 bits per heavy atom. The third kappa shape index (κ3) is 7.33. The summed E-state index contributed by atoms with van der Waals surface area (Å²) in [4.78, 5) is 3.22. The van der Waals surface area contributed by atoms with Gasteiger partial charge in [0.1, 0.15) is 9.84 Å². The van der Waals surface area contributed by atoms with E-state index in [1.807, 2.05) is 24.1 Å². The molecule has 7 heteroatoms. The van der Waals surface area contributed by atoms with Crippen LogP contribution in [0.2, 0.25) is 4.34 Å².